The molecule has 0 saturated heterocycles. The van der Waals surface area contributed by atoms with Crippen LogP contribution >= 0.6 is 0 Å². The van der Waals surface area contributed by atoms with Gasteiger partial charge < -0.3 is 4.74 Å². The summed E-state index contributed by atoms with van der Waals surface area (Å²) < 4.78 is 4.92. The molecule has 4 heteroatoms. The minimum atomic E-state index is -0.248. The third-order valence-corrected chi connectivity index (χ3v) is 2.75. The third-order valence-electron chi connectivity index (χ3n) is 2.75. The SMILES string of the molecule is CCOC(=O)Cc1cnc(-c2ccccc2)nc1C. The molecule has 0 amide bonds. The standard InChI is InChI=1S/C15H16N2O2/c1-3-19-14(18)9-13-10-16-15(17-11(13)2)12-7-5-4-6-8-12/h4-8,10H,3,9H2,1-2H3. The van der Waals surface area contributed by atoms with Gasteiger partial charge in [-0.2, -0.15) is 0 Å². The highest BCUT2D eigenvalue weighted by molar-refractivity contribution is 5.72. The molecule has 2 rings (SSSR count). The Bertz CT molecular complexity index is 568. The Kier molecular flexibility index (Phi) is 4.23. The van der Waals surface area contributed by atoms with E-state index >= 15 is 0 Å². The lowest BCUT2D eigenvalue weighted by Crippen LogP contribution is -2.10. The van der Waals surface area contributed by atoms with Crippen LogP contribution in [0.25, 0.3) is 11.4 Å². The Hall–Kier alpha value is -2.23. The van der Waals surface area contributed by atoms with E-state index in [0.717, 1.165) is 16.8 Å². The first kappa shape index (κ1) is 13.2. The summed E-state index contributed by atoms with van der Waals surface area (Å²) in [4.78, 5) is 20.2. The van der Waals surface area contributed by atoms with E-state index in [1.165, 1.54) is 0 Å². The van der Waals surface area contributed by atoms with Crippen molar-refractivity contribution in [3.05, 3.63) is 47.8 Å². The number of aryl methyl sites for hydroxylation is 1. The summed E-state index contributed by atoms with van der Waals surface area (Å²) in [5.74, 6) is 0.423. The fourth-order valence-corrected chi connectivity index (χ4v) is 1.76. The zero-order valence-electron chi connectivity index (χ0n) is 11.1. The van der Waals surface area contributed by atoms with Crippen LogP contribution in [0, 0.1) is 6.92 Å². The zero-order valence-corrected chi connectivity index (χ0v) is 11.1. The summed E-state index contributed by atoms with van der Waals surface area (Å²) in [5.41, 5.74) is 2.58. The second kappa shape index (κ2) is 6.09. The van der Waals surface area contributed by atoms with E-state index in [2.05, 4.69) is 9.97 Å². The number of ether oxygens (including phenoxy) is 1. The number of rotatable bonds is 4. The van der Waals surface area contributed by atoms with E-state index in [9.17, 15) is 4.79 Å². The number of benzene rings is 1. The summed E-state index contributed by atoms with van der Waals surface area (Å²) >= 11 is 0. The zero-order chi connectivity index (χ0) is 13.7. The number of hydrogen-bond donors (Lipinski definition) is 0. The van der Waals surface area contributed by atoms with Crippen molar-refractivity contribution in [2.75, 3.05) is 6.61 Å². The molecule has 0 unspecified atom stereocenters. The minimum absolute atomic E-state index is 0.217. The van der Waals surface area contributed by atoms with Crippen LogP contribution in [-0.4, -0.2) is 22.5 Å². The van der Waals surface area contributed by atoms with Crippen molar-refractivity contribution in [1.82, 2.24) is 9.97 Å². The van der Waals surface area contributed by atoms with Crippen LogP contribution in [0.3, 0.4) is 0 Å². The lowest BCUT2D eigenvalue weighted by molar-refractivity contribution is -0.142. The molecule has 19 heavy (non-hydrogen) atoms. The molecule has 0 radical (unpaired) electrons. The predicted octanol–water partition coefficient (Wildman–Crippen LogP) is 2.56. The molecule has 0 fully saturated rings. The summed E-state index contributed by atoms with van der Waals surface area (Å²) in [6, 6.07) is 9.76. The molecule has 98 valence electrons. The fourth-order valence-electron chi connectivity index (χ4n) is 1.76. The van der Waals surface area contributed by atoms with Crippen molar-refractivity contribution in [3.63, 3.8) is 0 Å². The summed E-state index contributed by atoms with van der Waals surface area (Å²) in [7, 11) is 0. The van der Waals surface area contributed by atoms with Gasteiger partial charge in [-0.05, 0) is 13.8 Å². The number of hydrogen-bond acceptors (Lipinski definition) is 4. The number of carbonyl (C=O) groups is 1. The van der Waals surface area contributed by atoms with E-state index in [-0.39, 0.29) is 12.4 Å². The van der Waals surface area contributed by atoms with E-state index < -0.39 is 0 Å². The van der Waals surface area contributed by atoms with Gasteiger partial charge >= 0.3 is 5.97 Å². The molecule has 4 nitrogen and oxygen atoms in total. The van der Waals surface area contributed by atoms with Gasteiger partial charge in [-0.1, -0.05) is 30.3 Å². The van der Waals surface area contributed by atoms with Crippen LogP contribution in [0.15, 0.2) is 36.5 Å². The van der Waals surface area contributed by atoms with E-state index in [4.69, 9.17) is 4.74 Å². The van der Waals surface area contributed by atoms with Gasteiger partial charge in [0.1, 0.15) is 0 Å². The largest absolute Gasteiger partial charge is 0.466 e. The van der Waals surface area contributed by atoms with Gasteiger partial charge in [-0.3, -0.25) is 4.79 Å². The molecule has 1 aromatic heterocycles. The fraction of sp³-hybridized carbons (Fsp3) is 0.267. The van der Waals surface area contributed by atoms with Crippen molar-refractivity contribution in [1.29, 1.82) is 0 Å². The molecule has 1 heterocycles. The quantitative estimate of drug-likeness (QED) is 0.789. The molecule has 2 aromatic rings. The van der Waals surface area contributed by atoms with Gasteiger partial charge in [0.25, 0.3) is 0 Å². The second-order valence-electron chi connectivity index (χ2n) is 4.15. The van der Waals surface area contributed by atoms with Gasteiger partial charge in [-0.25, -0.2) is 9.97 Å². The minimum Gasteiger partial charge on any atom is -0.466 e. The highest BCUT2D eigenvalue weighted by Crippen LogP contribution is 2.16. The average molecular weight is 256 g/mol. The molecule has 0 saturated carbocycles. The Morgan fingerprint density at radius 1 is 1.26 bits per heavy atom. The number of nitrogens with zero attached hydrogens (tertiary/aromatic N) is 2. The van der Waals surface area contributed by atoms with Gasteiger partial charge in [0.2, 0.25) is 0 Å². The first-order valence-electron chi connectivity index (χ1n) is 6.24. The van der Waals surface area contributed by atoms with Gasteiger partial charge in [-0.15, -0.1) is 0 Å². The van der Waals surface area contributed by atoms with Crippen molar-refractivity contribution < 1.29 is 9.53 Å². The first-order chi connectivity index (χ1) is 9.20. The predicted molar refractivity (Wildman–Crippen MR) is 72.5 cm³/mol. The second-order valence-corrected chi connectivity index (χ2v) is 4.15. The highest BCUT2D eigenvalue weighted by atomic mass is 16.5. The van der Waals surface area contributed by atoms with E-state index in [0.29, 0.717) is 12.4 Å². The maximum Gasteiger partial charge on any atom is 0.310 e. The number of aromatic nitrogens is 2. The lowest BCUT2D eigenvalue weighted by Gasteiger charge is -2.06. The van der Waals surface area contributed by atoms with Gasteiger partial charge in [0.05, 0.1) is 13.0 Å². The monoisotopic (exact) mass is 256 g/mol. The van der Waals surface area contributed by atoms with Crippen LogP contribution < -0.4 is 0 Å². The van der Waals surface area contributed by atoms with Crippen LogP contribution in [-0.2, 0) is 16.0 Å². The number of esters is 1. The average Bonchev–Trinajstić information content (AvgIpc) is 2.42. The van der Waals surface area contributed by atoms with Crippen molar-refractivity contribution in [3.8, 4) is 11.4 Å². The Balaban J connectivity index is 2.20. The molecule has 0 bridgehead atoms. The molecule has 0 aliphatic rings. The normalized spacial score (nSPS) is 10.2. The molecular weight excluding hydrogens is 240 g/mol. The van der Waals surface area contributed by atoms with Gasteiger partial charge in [0.15, 0.2) is 5.82 Å². The number of carbonyl (C=O) groups excluding carboxylic acids is 1. The molecule has 0 N–H and O–H groups in total. The van der Waals surface area contributed by atoms with Crippen molar-refractivity contribution in [2.45, 2.75) is 20.3 Å². The Morgan fingerprint density at radius 3 is 2.63 bits per heavy atom. The molecule has 0 aliphatic carbocycles. The molecule has 0 spiro atoms. The van der Waals surface area contributed by atoms with Crippen LogP contribution in [0.5, 0.6) is 0 Å². The van der Waals surface area contributed by atoms with Crippen molar-refractivity contribution >= 4 is 5.97 Å². The van der Waals surface area contributed by atoms with E-state index in [1.807, 2.05) is 37.3 Å². The smallest absolute Gasteiger partial charge is 0.310 e. The lowest BCUT2D eigenvalue weighted by atomic mass is 10.1. The van der Waals surface area contributed by atoms with E-state index in [1.54, 1.807) is 13.1 Å². The van der Waals surface area contributed by atoms with Crippen molar-refractivity contribution in [2.24, 2.45) is 0 Å². The summed E-state index contributed by atoms with van der Waals surface area (Å²) in [6.07, 6.45) is 1.91. The maximum atomic E-state index is 11.4. The summed E-state index contributed by atoms with van der Waals surface area (Å²) in [6.45, 7) is 4.06. The Morgan fingerprint density at radius 2 is 2.00 bits per heavy atom. The molecule has 1 aromatic carbocycles. The van der Waals surface area contributed by atoms with Crippen LogP contribution in [0.2, 0.25) is 0 Å². The topological polar surface area (TPSA) is 52.1 Å². The maximum absolute atomic E-state index is 11.4. The molecule has 0 aliphatic heterocycles. The van der Waals surface area contributed by atoms with Gasteiger partial charge in [0, 0.05) is 23.0 Å². The Labute approximate surface area is 112 Å². The molecular formula is C15H16N2O2. The summed E-state index contributed by atoms with van der Waals surface area (Å²) in [5, 5.41) is 0. The van der Waals surface area contributed by atoms with Crippen LogP contribution in [0.4, 0.5) is 0 Å². The molecule has 0 atom stereocenters. The highest BCUT2D eigenvalue weighted by Gasteiger charge is 2.09. The van der Waals surface area contributed by atoms with Crippen LogP contribution in [0.1, 0.15) is 18.2 Å². The first-order valence-corrected chi connectivity index (χ1v) is 6.24. The third kappa shape index (κ3) is 3.37.